The van der Waals surface area contributed by atoms with Gasteiger partial charge < -0.3 is 5.32 Å². The molecular formula is C21H24N2. The van der Waals surface area contributed by atoms with Gasteiger partial charge in [-0.15, -0.1) is 0 Å². The Labute approximate surface area is 138 Å². The summed E-state index contributed by atoms with van der Waals surface area (Å²) in [6.45, 7) is 0.771. The first-order chi connectivity index (χ1) is 11.4. The minimum atomic E-state index is 0.237. The smallest absolute Gasteiger partial charge is 0.108 e. The second kappa shape index (κ2) is 6.19. The number of nitrogens with zero attached hydrogens (tertiary/aromatic N) is 1. The molecule has 4 rings (SSSR count). The van der Waals surface area contributed by atoms with Gasteiger partial charge in [-0.1, -0.05) is 67.8 Å². The van der Waals surface area contributed by atoms with Crippen LogP contribution in [0.5, 0.6) is 0 Å². The molecule has 0 radical (unpaired) electrons. The van der Waals surface area contributed by atoms with Crippen LogP contribution in [0.4, 0.5) is 5.69 Å². The monoisotopic (exact) mass is 304 g/mol. The fraction of sp³-hybridized carbons (Fsp3) is 0.381. The Morgan fingerprint density at radius 2 is 1.61 bits per heavy atom. The molecule has 1 spiro atoms. The molecule has 1 saturated carbocycles. The third-order valence-corrected chi connectivity index (χ3v) is 5.37. The zero-order valence-electron chi connectivity index (χ0n) is 13.6. The quantitative estimate of drug-likeness (QED) is 0.810. The molecule has 1 aliphatic heterocycles. The van der Waals surface area contributed by atoms with Crippen LogP contribution >= 0.6 is 0 Å². The maximum Gasteiger partial charge on any atom is 0.108 e. The topological polar surface area (TPSA) is 24.4 Å². The average Bonchev–Trinajstić information content (AvgIpc) is 2.61. The summed E-state index contributed by atoms with van der Waals surface area (Å²) in [5.74, 6) is 1.22. The van der Waals surface area contributed by atoms with Crippen molar-refractivity contribution in [2.24, 2.45) is 10.4 Å². The van der Waals surface area contributed by atoms with Gasteiger partial charge in [0.2, 0.25) is 0 Å². The van der Waals surface area contributed by atoms with Crippen molar-refractivity contribution in [2.75, 3.05) is 5.32 Å². The standard InChI is InChI=1S/C21H24N2/c1-3-9-17(10-4-1)16-22-20-21(13-7-2-8-14-21)15-18-11-5-6-12-19(18)23-20/h1,3-6,9-12H,2,7-8,13-16H2,(H,22,23). The summed E-state index contributed by atoms with van der Waals surface area (Å²) < 4.78 is 0. The third kappa shape index (κ3) is 2.90. The average molecular weight is 304 g/mol. The van der Waals surface area contributed by atoms with E-state index in [1.54, 1.807) is 0 Å². The molecule has 0 amide bonds. The molecule has 0 atom stereocenters. The Balaban J connectivity index is 1.67. The highest BCUT2D eigenvalue weighted by atomic mass is 15.0. The fourth-order valence-corrected chi connectivity index (χ4v) is 4.11. The fourth-order valence-electron chi connectivity index (χ4n) is 4.11. The largest absolute Gasteiger partial charge is 0.343 e. The van der Waals surface area contributed by atoms with Crippen molar-refractivity contribution < 1.29 is 0 Å². The Morgan fingerprint density at radius 1 is 0.870 bits per heavy atom. The summed E-state index contributed by atoms with van der Waals surface area (Å²) in [4.78, 5) is 5.03. The third-order valence-electron chi connectivity index (χ3n) is 5.37. The SMILES string of the molecule is c1ccc(CN=C2Nc3ccccc3CC23CCCCC3)cc1. The summed E-state index contributed by atoms with van der Waals surface area (Å²) in [5.41, 5.74) is 4.22. The van der Waals surface area contributed by atoms with Crippen LogP contribution < -0.4 is 5.32 Å². The molecule has 2 aromatic carbocycles. The van der Waals surface area contributed by atoms with Crippen LogP contribution in [0.3, 0.4) is 0 Å². The van der Waals surface area contributed by atoms with E-state index in [0.29, 0.717) is 0 Å². The number of nitrogens with one attached hydrogen (secondary N) is 1. The highest BCUT2D eigenvalue weighted by Gasteiger charge is 2.40. The minimum absolute atomic E-state index is 0.237. The number of hydrogen-bond donors (Lipinski definition) is 1. The van der Waals surface area contributed by atoms with Crippen molar-refractivity contribution in [1.29, 1.82) is 0 Å². The molecule has 23 heavy (non-hydrogen) atoms. The van der Waals surface area contributed by atoms with Gasteiger partial charge in [-0.25, -0.2) is 0 Å². The Hall–Kier alpha value is -2.09. The molecule has 1 fully saturated rings. The molecule has 2 nitrogen and oxygen atoms in total. The lowest BCUT2D eigenvalue weighted by atomic mass is 9.67. The predicted molar refractivity (Wildman–Crippen MR) is 96.9 cm³/mol. The van der Waals surface area contributed by atoms with E-state index in [4.69, 9.17) is 4.99 Å². The molecule has 0 unspecified atom stereocenters. The molecule has 118 valence electrons. The maximum absolute atomic E-state index is 5.03. The Kier molecular flexibility index (Phi) is 3.90. The van der Waals surface area contributed by atoms with E-state index in [1.807, 2.05) is 0 Å². The van der Waals surface area contributed by atoms with Crippen LogP contribution in [0, 0.1) is 5.41 Å². The summed E-state index contributed by atoms with van der Waals surface area (Å²) in [6, 6.07) is 19.3. The summed E-state index contributed by atoms with van der Waals surface area (Å²) in [7, 11) is 0. The molecule has 1 N–H and O–H groups in total. The summed E-state index contributed by atoms with van der Waals surface area (Å²) in [5, 5.41) is 3.68. The number of fused-ring (bicyclic) bond motifs is 1. The van der Waals surface area contributed by atoms with Gasteiger partial charge in [0.15, 0.2) is 0 Å². The van der Waals surface area contributed by atoms with Crippen LogP contribution in [-0.4, -0.2) is 5.84 Å². The molecule has 2 aliphatic rings. The molecule has 0 aromatic heterocycles. The van der Waals surface area contributed by atoms with Crippen molar-refractivity contribution in [3.05, 3.63) is 65.7 Å². The summed E-state index contributed by atoms with van der Waals surface area (Å²) in [6.07, 6.45) is 7.70. The van der Waals surface area contributed by atoms with Crippen molar-refractivity contribution >= 4 is 11.5 Å². The lowest BCUT2D eigenvalue weighted by molar-refractivity contribution is 0.278. The minimum Gasteiger partial charge on any atom is -0.343 e. The number of aliphatic imine (C=N–C) groups is 1. The van der Waals surface area contributed by atoms with Crippen molar-refractivity contribution in [1.82, 2.24) is 0 Å². The maximum atomic E-state index is 5.03. The van der Waals surface area contributed by atoms with Gasteiger partial charge in [-0.05, 0) is 36.5 Å². The second-order valence-electron chi connectivity index (χ2n) is 6.95. The van der Waals surface area contributed by atoms with E-state index >= 15 is 0 Å². The number of amidine groups is 1. The first-order valence-corrected chi connectivity index (χ1v) is 8.80. The van der Waals surface area contributed by atoms with E-state index in [-0.39, 0.29) is 5.41 Å². The van der Waals surface area contributed by atoms with Crippen LogP contribution in [0.25, 0.3) is 0 Å². The lowest BCUT2D eigenvalue weighted by Gasteiger charge is -2.42. The van der Waals surface area contributed by atoms with E-state index < -0.39 is 0 Å². The molecule has 0 bridgehead atoms. The molecule has 2 heteroatoms. The molecule has 0 saturated heterocycles. The Morgan fingerprint density at radius 3 is 2.43 bits per heavy atom. The first-order valence-electron chi connectivity index (χ1n) is 8.80. The van der Waals surface area contributed by atoms with Gasteiger partial charge in [0.05, 0.1) is 6.54 Å². The van der Waals surface area contributed by atoms with Crippen molar-refractivity contribution in [2.45, 2.75) is 45.1 Å². The normalized spacial score (nSPS) is 21.0. The van der Waals surface area contributed by atoms with Crippen LogP contribution in [-0.2, 0) is 13.0 Å². The van der Waals surface area contributed by atoms with Gasteiger partial charge in [-0.3, -0.25) is 4.99 Å². The summed E-state index contributed by atoms with van der Waals surface area (Å²) >= 11 is 0. The second-order valence-corrected chi connectivity index (χ2v) is 6.95. The van der Waals surface area contributed by atoms with E-state index in [0.717, 1.165) is 13.0 Å². The van der Waals surface area contributed by atoms with Crippen molar-refractivity contribution in [3.8, 4) is 0 Å². The van der Waals surface area contributed by atoms with Gasteiger partial charge in [0.1, 0.15) is 5.84 Å². The van der Waals surface area contributed by atoms with E-state index in [9.17, 15) is 0 Å². The predicted octanol–water partition coefficient (Wildman–Crippen LogP) is 5.20. The molecular weight excluding hydrogens is 280 g/mol. The van der Waals surface area contributed by atoms with Gasteiger partial charge in [0.25, 0.3) is 0 Å². The molecule has 1 heterocycles. The van der Waals surface area contributed by atoms with E-state index in [2.05, 4.69) is 59.9 Å². The van der Waals surface area contributed by atoms with E-state index in [1.165, 1.54) is 54.8 Å². The van der Waals surface area contributed by atoms with Gasteiger partial charge in [-0.2, -0.15) is 0 Å². The van der Waals surface area contributed by atoms with Crippen molar-refractivity contribution in [3.63, 3.8) is 0 Å². The number of para-hydroxylation sites is 1. The number of hydrogen-bond acceptors (Lipinski definition) is 1. The number of rotatable bonds is 2. The number of anilines is 1. The highest BCUT2D eigenvalue weighted by molar-refractivity contribution is 6.02. The first kappa shape index (κ1) is 14.5. The van der Waals surface area contributed by atoms with Crippen LogP contribution in [0.1, 0.15) is 43.2 Å². The van der Waals surface area contributed by atoms with Gasteiger partial charge in [0, 0.05) is 11.1 Å². The lowest BCUT2D eigenvalue weighted by Crippen LogP contribution is -2.43. The zero-order chi connectivity index (χ0) is 15.5. The van der Waals surface area contributed by atoms with Crippen LogP contribution in [0.15, 0.2) is 59.6 Å². The van der Waals surface area contributed by atoms with Crippen LogP contribution in [0.2, 0.25) is 0 Å². The Bertz CT molecular complexity index is 697. The zero-order valence-corrected chi connectivity index (χ0v) is 13.6. The molecule has 1 aliphatic carbocycles. The van der Waals surface area contributed by atoms with Gasteiger partial charge >= 0.3 is 0 Å². The highest BCUT2D eigenvalue weighted by Crippen LogP contribution is 2.44. The molecule has 2 aromatic rings. The number of benzene rings is 2.